The van der Waals surface area contributed by atoms with Crippen LogP contribution in [0, 0.1) is 11.8 Å². The number of rotatable bonds is 55. The molecule has 0 fully saturated rings. The van der Waals surface area contributed by atoms with Crippen LogP contribution in [0.3, 0.4) is 0 Å². The largest absolute Gasteiger partial charge is 0.462 e. The van der Waals surface area contributed by atoms with Gasteiger partial charge in [0.1, 0.15) is 13.2 Å². The number of carbonyl (C=O) groups excluding carboxylic acids is 3. The predicted molar refractivity (Wildman–Crippen MR) is 289 cm³/mol. The fraction of sp³-hybridized carbons (Fsp3) is 0.951. The van der Waals surface area contributed by atoms with Gasteiger partial charge < -0.3 is 14.2 Å². The third kappa shape index (κ3) is 55.2. The molecule has 0 radical (unpaired) electrons. The first kappa shape index (κ1) is 65.4. The van der Waals surface area contributed by atoms with Crippen molar-refractivity contribution in [2.75, 3.05) is 13.2 Å². The second-order valence-electron chi connectivity index (χ2n) is 21.9. The van der Waals surface area contributed by atoms with Gasteiger partial charge in [-0.3, -0.25) is 14.4 Å². The lowest BCUT2D eigenvalue weighted by Gasteiger charge is -2.18. The van der Waals surface area contributed by atoms with Gasteiger partial charge in [-0.15, -0.1) is 0 Å². The van der Waals surface area contributed by atoms with Gasteiger partial charge in [-0.2, -0.15) is 0 Å². The summed E-state index contributed by atoms with van der Waals surface area (Å²) in [5.41, 5.74) is 0. The van der Waals surface area contributed by atoms with E-state index in [0.29, 0.717) is 19.3 Å². The second kappa shape index (κ2) is 53.8. The Hall–Kier alpha value is -1.59. The fourth-order valence-electron chi connectivity index (χ4n) is 9.40. The molecule has 6 heteroatoms. The molecule has 0 aromatic heterocycles. The molecular formula is C61H118O6. The Morgan fingerprint density at radius 3 is 0.731 bits per heavy atom. The summed E-state index contributed by atoms with van der Waals surface area (Å²) in [6.07, 6.45) is 58.1. The van der Waals surface area contributed by atoms with Crippen molar-refractivity contribution in [1.29, 1.82) is 0 Å². The molecule has 0 rings (SSSR count). The maximum absolute atomic E-state index is 12.9. The summed E-state index contributed by atoms with van der Waals surface area (Å²) in [7, 11) is 0. The van der Waals surface area contributed by atoms with Gasteiger partial charge in [0.05, 0.1) is 0 Å². The van der Waals surface area contributed by atoms with Crippen molar-refractivity contribution in [1.82, 2.24) is 0 Å². The van der Waals surface area contributed by atoms with Crippen molar-refractivity contribution in [2.45, 2.75) is 349 Å². The van der Waals surface area contributed by atoms with Crippen molar-refractivity contribution in [3.05, 3.63) is 0 Å². The number of hydrogen-bond acceptors (Lipinski definition) is 6. The number of unbranched alkanes of at least 4 members (excludes halogenated alkanes) is 40. The highest BCUT2D eigenvalue weighted by molar-refractivity contribution is 5.71. The molecule has 0 aliphatic heterocycles. The van der Waals surface area contributed by atoms with Gasteiger partial charge in [0.2, 0.25) is 0 Å². The van der Waals surface area contributed by atoms with Crippen LogP contribution in [-0.2, 0) is 28.6 Å². The van der Waals surface area contributed by atoms with Crippen LogP contribution in [0.4, 0.5) is 0 Å². The van der Waals surface area contributed by atoms with Gasteiger partial charge in [-0.1, -0.05) is 304 Å². The van der Waals surface area contributed by atoms with E-state index in [1.165, 1.54) is 231 Å². The Labute approximate surface area is 418 Å². The zero-order valence-electron chi connectivity index (χ0n) is 46.0. The molecule has 0 aromatic carbocycles. The van der Waals surface area contributed by atoms with Crippen LogP contribution in [-0.4, -0.2) is 37.2 Å². The Bertz CT molecular complexity index is 1020. The summed E-state index contributed by atoms with van der Waals surface area (Å²) in [5.74, 6) is 0.839. The van der Waals surface area contributed by atoms with Crippen LogP contribution >= 0.6 is 0 Å². The predicted octanol–water partition coefficient (Wildman–Crippen LogP) is 20.0. The second-order valence-corrected chi connectivity index (χ2v) is 21.9. The summed E-state index contributed by atoms with van der Waals surface area (Å²) < 4.78 is 16.9. The van der Waals surface area contributed by atoms with Crippen molar-refractivity contribution < 1.29 is 28.6 Å². The van der Waals surface area contributed by atoms with Gasteiger partial charge in [-0.05, 0) is 31.1 Å². The minimum atomic E-state index is -0.763. The first-order valence-corrected chi connectivity index (χ1v) is 30.2. The van der Waals surface area contributed by atoms with Crippen LogP contribution in [0.1, 0.15) is 343 Å². The normalized spacial score (nSPS) is 12.0. The highest BCUT2D eigenvalue weighted by Gasteiger charge is 2.19. The first-order valence-electron chi connectivity index (χ1n) is 30.2. The lowest BCUT2D eigenvalue weighted by atomic mass is 10.0. The Morgan fingerprint density at radius 1 is 0.284 bits per heavy atom. The molecule has 0 heterocycles. The molecule has 0 bridgehead atoms. The van der Waals surface area contributed by atoms with Crippen LogP contribution in [0.2, 0.25) is 0 Å². The molecule has 67 heavy (non-hydrogen) atoms. The topological polar surface area (TPSA) is 78.9 Å². The molecule has 0 unspecified atom stereocenters. The quantitative estimate of drug-likeness (QED) is 0.0343. The maximum atomic E-state index is 12.9. The molecule has 0 amide bonds. The van der Waals surface area contributed by atoms with E-state index in [1.54, 1.807) is 0 Å². The summed E-state index contributed by atoms with van der Waals surface area (Å²) >= 11 is 0. The maximum Gasteiger partial charge on any atom is 0.306 e. The van der Waals surface area contributed by atoms with Crippen molar-refractivity contribution in [3.8, 4) is 0 Å². The zero-order valence-corrected chi connectivity index (χ0v) is 46.0. The molecule has 0 aliphatic rings. The first-order chi connectivity index (χ1) is 32.7. The van der Waals surface area contributed by atoms with Gasteiger partial charge in [-0.25, -0.2) is 0 Å². The van der Waals surface area contributed by atoms with Gasteiger partial charge in [0.25, 0.3) is 0 Å². The third-order valence-electron chi connectivity index (χ3n) is 14.0. The number of carbonyl (C=O) groups is 3. The van der Waals surface area contributed by atoms with E-state index < -0.39 is 6.10 Å². The summed E-state index contributed by atoms with van der Waals surface area (Å²) in [4.78, 5) is 38.2. The van der Waals surface area contributed by atoms with Crippen LogP contribution < -0.4 is 0 Å². The Morgan fingerprint density at radius 2 is 0.493 bits per heavy atom. The lowest BCUT2D eigenvalue weighted by molar-refractivity contribution is -0.167. The molecule has 0 saturated heterocycles. The van der Waals surface area contributed by atoms with E-state index >= 15 is 0 Å². The molecular weight excluding hydrogens is 829 g/mol. The Kier molecular flexibility index (Phi) is 52.5. The molecule has 1 atom stereocenters. The average molecular weight is 948 g/mol. The van der Waals surface area contributed by atoms with E-state index in [0.717, 1.165) is 69.6 Å². The summed E-state index contributed by atoms with van der Waals surface area (Å²) in [6, 6.07) is 0. The lowest BCUT2D eigenvalue weighted by Crippen LogP contribution is -2.30. The molecule has 6 nitrogen and oxygen atoms in total. The monoisotopic (exact) mass is 947 g/mol. The average Bonchev–Trinajstić information content (AvgIpc) is 3.30. The standard InChI is InChI=1S/C61H118O6/c1-6-7-8-9-10-11-12-13-14-15-18-21-26-31-36-41-46-51-59(62)65-54-58(55-66-60(63)52-47-42-37-32-28-23-25-30-35-40-45-50-57(4)5)67-61(64)53-48-43-38-33-27-22-19-16-17-20-24-29-34-39-44-49-56(2)3/h56-58H,6-55H2,1-5H3/t58-/m0/s1. The zero-order chi connectivity index (χ0) is 48.9. The van der Waals surface area contributed by atoms with Gasteiger partial charge in [0.15, 0.2) is 6.10 Å². The van der Waals surface area contributed by atoms with Gasteiger partial charge >= 0.3 is 17.9 Å². The highest BCUT2D eigenvalue weighted by atomic mass is 16.6. The van der Waals surface area contributed by atoms with E-state index in [-0.39, 0.29) is 31.1 Å². The fourth-order valence-corrected chi connectivity index (χ4v) is 9.40. The van der Waals surface area contributed by atoms with Crippen molar-refractivity contribution >= 4 is 17.9 Å². The number of ether oxygens (including phenoxy) is 3. The number of hydrogen-bond donors (Lipinski definition) is 0. The van der Waals surface area contributed by atoms with Crippen LogP contribution in [0.25, 0.3) is 0 Å². The molecule has 0 spiro atoms. The van der Waals surface area contributed by atoms with E-state index in [4.69, 9.17) is 14.2 Å². The minimum Gasteiger partial charge on any atom is -0.462 e. The van der Waals surface area contributed by atoms with Crippen LogP contribution in [0.15, 0.2) is 0 Å². The molecule has 0 aliphatic carbocycles. The van der Waals surface area contributed by atoms with Crippen LogP contribution in [0.5, 0.6) is 0 Å². The van der Waals surface area contributed by atoms with Crippen molar-refractivity contribution in [3.63, 3.8) is 0 Å². The Balaban J connectivity index is 4.29. The van der Waals surface area contributed by atoms with Crippen molar-refractivity contribution in [2.24, 2.45) is 11.8 Å². The summed E-state index contributed by atoms with van der Waals surface area (Å²) in [6.45, 7) is 11.4. The highest BCUT2D eigenvalue weighted by Crippen LogP contribution is 2.18. The van der Waals surface area contributed by atoms with E-state index in [2.05, 4.69) is 34.6 Å². The summed E-state index contributed by atoms with van der Waals surface area (Å²) in [5, 5.41) is 0. The van der Waals surface area contributed by atoms with Gasteiger partial charge in [0, 0.05) is 19.3 Å². The molecule has 0 N–H and O–H groups in total. The SMILES string of the molecule is CCCCCCCCCCCCCCCCCCCC(=O)OC[C@@H](COC(=O)CCCCCCCCCCCCCC(C)C)OC(=O)CCCCCCCCCCCCCCCCCC(C)C. The minimum absolute atomic E-state index is 0.0623. The smallest absolute Gasteiger partial charge is 0.306 e. The van der Waals surface area contributed by atoms with E-state index in [9.17, 15) is 14.4 Å². The molecule has 0 aromatic rings. The van der Waals surface area contributed by atoms with E-state index in [1.807, 2.05) is 0 Å². The third-order valence-corrected chi connectivity index (χ3v) is 14.0. The molecule has 0 saturated carbocycles. The number of esters is 3. The molecule has 398 valence electrons.